The van der Waals surface area contributed by atoms with E-state index in [1.807, 2.05) is 30.3 Å². The second-order valence-electron chi connectivity index (χ2n) is 7.96. The predicted octanol–water partition coefficient (Wildman–Crippen LogP) is 6.30. The summed E-state index contributed by atoms with van der Waals surface area (Å²) >= 11 is 18.9. The molecule has 2 aliphatic rings. The minimum atomic E-state index is 0.0306. The molecule has 1 aliphatic carbocycles. The number of fused-ring (bicyclic) bond motifs is 1. The molecule has 1 saturated carbocycles. The second kappa shape index (κ2) is 7.31. The number of hydrogen-bond donors (Lipinski definition) is 1. The zero-order valence-electron chi connectivity index (χ0n) is 15.3. The Morgan fingerprint density at radius 1 is 0.926 bits per heavy atom. The lowest BCUT2D eigenvalue weighted by Gasteiger charge is -2.44. The average Bonchev–Trinajstić information content (AvgIpc) is 2.91. The van der Waals surface area contributed by atoms with Crippen LogP contribution < -0.4 is 5.32 Å². The average molecular weight is 423 g/mol. The van der Waals surface area contributed by atoms with Crippen molar-refractivity contribution < 1.29 is 4.79 Å². The molecule has 1 heterocycles. The van der Waals surface area contributed by atoms with Gasteiger partial charge in [-0.3, -0.25) is 4.79 Å². The van der Waals surface area contributed by atoms with Crippen LogP contribution in [0.5, 0.6) is 0 Å². The summed E-state index contributed by atoms with van der Waals surface area (Å²) in [7, 11) is 0. The summed E-state index contributed by atoms with van der Waals surface area (Å²) in [5, 5.41) is 5.23. The highest BCUT2D eigenvalue weighted by Crippen LogP contribution is 2.56. The molecule has 1 N–H and O–H groups in total. The molecule has 4 rings (SSSR count). The van der Waals surface area contributed by atoms with E-state index < -0.39 is 0 Å². The van der Waals surface area contributed by atoms with E-state index in [-0.39, 0.29) is 35.6 Å². The van der Waals surface area contributed by atoms with Gasteiger partial charge in [-0.2, -0.15) is 0 Å². The highest BCUT2D eigenvalue weighted by molar-refractivity contribution is 6.35. The van der Waals surface area contributed by atoms with Gasteiger partial charge in [-0.1, -0.05) is 59.9 Å². The zero-order valence-corrected chi connectivity index (χ0v) is 17.5. The van der Waals surface area contributed by atoms with Gasteiger partial charge in [-0.15, -0.1) is 0 Å². The Labute approximate surface area is 175 Å². The van der Waals surface area contributed by atoms with Crippen molar-refractivity contribution in [2.24, 2.45) is 17.8 Å². The molecule has 1 saturated heterocycles. The summed E-state index contributed by atoms with van der Waals surface area (Å²) in [6.07, 6.45) is 0.913. The van der Waals surface area contributed by atoms with Crippen LogP contribution in [-0.4, -0.2) is 11.9 Å². The molecule has 0 radical (unpaired) electrons. The van der Waals surface area contributed by atoms with Crippen LogP contribution >= 0.6 is 34.8 Å². The van der Waals surface area contributed by atoms with Crippen molar-refractivity contribution in [3.8, 4) is 0 Å². The standard InChI is InChI=1S/C22H22Cl3NO/c1-11-9-17(16-8-7-15(24)10-18(16)25)21(13-3-5-14(23)6-4-13)20-12(2)26-22(27)19(11)20/h3-8,10-12,17,19-21H,9H2,1-2H3,(H,26,27)/t11-,12-,17+,19-,20-,21+/m1/s1. The fourth-order valence-electron chi connectivity index (χ4n) is 5.30. The van der Waals surface area contributed by atoms with E-state index in [0.717, 1.165) is 12.0 Å². The number of hydrogen-bond acceptors (Lipinski definition) is 1. The number of rotatable bonds is 2. The molecule has 1 aliphatic heterocycles. The van der Waals surface area contributed by atoms with Gasteiger partial charge in [0.1, 0.15) is 0 Å². The predicted molar refractivity (Wildman–Crippen MR) is 112 cm³/mol. The third kappa shape index (κ3) is 3.37. The largest absolute Gasteiger partial charge is 0.353 e. The Morgan fingerprint density at radius 2 is 1.59 bits per heavy atom. The van der Waals surface area contributed by atoms with Gasteiger partial charge in [0.2, 0.25) is 5.91 Å². The maximum Gasteiger partial charge on any atom is 0.223 e. The number of nitrogens with one attached hydrogen (secondary N) is 1. The summed E-state index contributed by atoms with van der Waals surface area (Å²) < 4.78 is 0. The lowest BCUT2D eigenvalue weighted by molar-refractivity contribution is -0.125. The Bertz CT molecular complexity index is 866. The molecule has 2 aromatic carbocycles. The highest BCUT2D eigenvalue weighted by atomic mass is 35.5. The Hall–Kier alpha value is -1.22. The van der Waals surface area contributed by atoms with E-state index in [9.17, 15) is 4.79 Å². The fourth-order valence-corrected chi connectivity index (χ4v) is 5.97. The van der Waals surface area contributed by atoms with Gasteiger partial charge in [0.15, 0.2) is 0 Å². The van der Waals surface area contributed by atoms with Gasteiger partial charge in [0.25, 0.3) is 0 Å². The second-order valence-corrected chi connectivity index (χ2v) is 9.24. The molecular weight excluding hydrogens is 401 g/mol. The highest BCUT2D eigenvalue weighted by Gasteiger charge is 2.53. The number of benzene rings is 2. The molecule has 0 bridgehead atoms. The summed E-state index contributed by atoms with van der Waals surface area (Å²) in [5.41, 5.74) is 2.32. The third-order valence-electron chi connectivity index (χ3n) is 6.37. The van der Waals surface area contributed by atoms with Gasteiger partial charge in [0, 0.05) is 27.0 Å². The SMILES string of the molecule is C[C@@H]1C[C@@H](c2ccc(Cl)cc2Cl)[C@H](c2ccc(Cl)cc2)[C@H]2[C@@H]1C(=O)N[C@@H]2C. The van der Waals surface area contributed by atoms with E-state index in [2.05, 4.69) is 31.3 Å². The smallest absolute Gasteiger partial charge is 0.223 e. The van der Waals surface area contributed by atoms with Crippen LogP contribution in [0.4, 0.5) is 0 Å². The van der Waals surface area contributed by atoms with Gasteiger partial charge < -0.3 is 5.32 Å². The van der Waals surface area contributed by atoms with Crippen molar-refractivity contribution in [1.82, 2.24) is 5.32 Å². The van der Waals surface area contributed by atoms with Gasteiger partial charge in [-0.25, -0.2) is 0 Å². The molecule has 2 fully saturated rings. The van der Waals surface area contributed by atoms with E-state index in [1.54, 1.807) is 0 Å². The first-order valence-corrected chi connectivity index (χ1v) is 10.5. The molecule has 2 nitrogen and oxygen atoms in total. The van der Waals surface area contributed by atoms with Crippen molar-refractivity contribution in [3.63, 3.8) is 0 Å². The molecule has 0 unspecified atom stereocenters. The molecule has 0 aromatic heterocycles. The van der Waals surface area contributed by atoms with Gasteiger partial charge >= 0.3 is 0 Å². The summed E-state index contributed by atoms with van der Waals surface area (Å²) in [5.74, 6) is 1.14. The lowest BCUT2D eigenvalue weighted by atomic mass is 9.58. The normalized spacial score (nSPS) is 32.9. The van der Waals surface area contributed by atoms with Crippen LogP contribution in [0.25, 0.3) is 0 Å². The molecule has 2 aromatic rings. The lowest BCUT2D eigenvalue weighted by Crippen LogP contribution is -2.39. The molecule has 27 heavy (non-hydrogen) atoms. The monoisotopic (exact) mass is 421 g/mol. The molecule has 142 valence electrons. The molecule has 1 amide bonds. The van der Waals surface area contributed by atoms with Crippen LogP contribution in [0.2, 0.25) is 15.1 Å². The van der Waals surface area contributed by atoms with E-state index in [1.165, 1.54) is 5.56 Å². The van der Waals surface area contributed by atoms with Crippen molar-refractivity contribution in [2.45, 2.75) is 38.1 Å². The van der Waals surface area contributed by atoms with E-state index >= 15 is 0 Å². The first kappa shape index (κ1) is 19.1. The zero-order chi connectivity index (χ0) is 19.3. The molecular formula is C22H22Cl3NO. The van der Waals surface area contributed by atoms with Crippen LogP contribution in [-0.2, 0) is 4.79 Å². The van der Waals surface area contributed by atoms with Crippen LogP contribution in [0.1, 0.15) is 43.2 Å². The van der Waals surface area contributed by atoms with Crippen LogP contribution in [0.3, 0.4) is 0 Å². The minimum absolute atomic E-state index is 0.0306. The van der Waals surface area contributed by atoms with E-state index in [4.69, 9.17) is 34.8 Å². The Morgan fingerprint density at radius 3 is 2.26 bits per heavy atom. The number of carbonyl (C=O) groups excluding carboxylic acids is 1. The van der Waals surface area contributed by atoms with Crippen molar-refractivity contribution >= 4 is 40.7 Å². The summed E-state index contributed by atoms with van der Waals surface area (Å²) in [4.78, 5) is 12.6. The van der Waals surface area contributed by atoms with Crippen LogP contribution in [0, 0.1) is 17.8 Å². The van der Waals surface area contributed by atoms with E-state index in [0.29, 0.717) is 21.0 Å². The molecule has 5 heteroatoms. The third-order valence-corrected chi connectivity index (χ3v) is 7.18. The fraction of sp³-hybridized carbons (Fsp3) is 0.409. The Kier molecular flexibility index (Phi) is 5.18. The van der Waals surface area contributed by atoms with Crippen molar-refractivity contribution in [2.75, 3.05) is 0 Å². The molecule has 6 atom stereocenters. The van der Waals surface area contributed by atoms with Gasteiger partial charge in [-0.05, 0) is 72.4 Å². The first-order valence-electron chi connectivity index (χ1n) is 9.37. The molecule has 0 spiro atoms. The number of carbonyl (C=O) groups is 1. The van der Waals surface area contributed by atoms with Crippen molar-refractivity contribution in [3.05, 3.63) is 68.7 Å². The Balaban J connectivity index is 1.85. The number of amides is 1. The van der Waals surface area contributed by atoms with Crippen molar-refractivity contribution in [1.29, 1.82) is 0 Å². The van der Waals surface area contributed by atoms with Crippen LogP contribution in [0.15, 0.2) is 42.5 Å². The quantitative estimate of drug-likeness (QED) is 0.604. The summed E-state index contributed by atoms with van der Waals surface area (Å²) in [6.45, 7) is 4.30. The minimum Gasteiger partial charge on any atom is -0.353 e. The maximum absolute atomic E-state index is 12.6. The van der Waals surface area contributed by atoms with Gasteiger partial charge in [0.05, 0.1) is 0 Å². The maximum atomic E-state index is 12.6. The first-order chi connectivity index (χ1) is 12.9. The topological polar surface area (TPSA) is 29.1 Å². The summed E-state index contributed by atoms with van der Waals surface area (Å²) in [6, 6.07) is 13.9. The number of halogens is 3.